The van der Waals surface area contributed by atoms with Gasteiger partial charge in [-0.25, -0.2) is 0 Å². The topological polar surface area (TPSA) is 21.2 Å². The molecule has 4 rings (SSSR count). The predicted molar refractivity (Wildman–Crippen MR) is 140 cm³/mol. The molecule has 34 heavy (non-hydrogen) atoms. The molecule has 0 aliphatic carbocycles. The molecular formula is C30H35N3O. The molecule has 4 nitrogen and oxygen atoms in total. The zero-order chi connectivity index (χ0) is 24.9. The van der Waals surface area contributed by atoms with Gasteiger partial charge in [-0.3, -0.25) is 0 Å². The molecule has 1 aromatic rings. The van der Waals surface area contributed by atoms with Crippen molar-refractivity contribution in [3.05, 3.63) is 92.8 Å². The molecular weight excluding hydrogens is 418 g/mol. The van der Waals surface area contributed by atoms with E-state index in [0.29, 0.717) is 11.3 Å². The molecule has 0 radical (unpaired) electrons. The summed E-state index contributed by atoms with van der Waals surface area (Å²) in [6.07, 6.45) is 10.0. The Morgan fingerprint density at radius 3 is 2.00 bits per heavy atom. The van der Waals surface area contributed by atoms with Crippen molar-refractivity contribution in [3.8, 4) is 0 Å². The van der Waals surface area contributed by atoms with E-state index in [4.69, 9.17) is 17.9 Å². The van der Waals surface area contributed by atoms with E-state index in [1.165, 1.54) is 16.8 Å². The van der Waals surface area contributed by atoms with Gasteiger partial charge < -0.3 is 9.64 Å². The third-order valence-corrected chi connectivity index (χ3v) is 7.38. The van der Waals surface area contributed by atoms with Crippen molar-refractivity contribution in [2.75, 3.05) is 18.0 Å². The average molecular weight is 454 g/mol. The second kappa shape index (κ2) is 8.21. The average Bonchev–Trinajstić information content (AvgIpc) is 2.76. The van der Waals surface area contributed by atoms with Crippen molar-refractivity contribution in [1.82, 2.24) is 0 Å². The second-order valence-corrected chi connectivity index (χ2v) is 12.0. The minimum Gasteiger partial charge on any atom is -0.461 e. The van der Waals surface area contributed by atoms with Gasteiger partial charge in [-0.05, 0) is 70.7 Å². The first-order valence-corrected chi connectivity index (χ1v) is 12.1. The van der Waals surface area contributed by atoms with Crippen molar-refractivity contribution in [3.63, 3.8) is 0 Å². The van der Waals surface area contributed by atoms with Crippen molar-refractivity contribution in [2.45, 2.75) is 72.1 Å². The fourth-order valence-electron chi connectivity index (χ4n) is 4.99. The largest absolute Gasteiger partial charge is 0.526 e. The fourth-order valence-corrected chi connectivity index (χ4v) is 4.99. The molecule has 1 aromatic carbocycles. The first kappa shape index (κ1) is 23.9. The molecule has 0 bridgehead atoms. The van der Waals surface area contributed by atoms with Gasteiger partial charge in [0.15, 0.2) is 0 Å². The molecule has 0 fully saturated rings. The third kappa shape index (κ3) is 4.30. The minimum atomic E-state index is -0.235. The van der Waals surface area contributed by atoms with Crippen LogP contribution in [0.15, 0.2) is 53.3 Å². The maximum atomic E-state index is 7.38. The van der Waals surface area contributed by atoms with E-state index >= 15 is 0 Å². The van der Waals surface area contributed by atoms with Gasteiger partial charge in [-0.15, -0.1) is 0 Å². The lowest BCUT2D eigenvalue weighted by atomic mass is 9.69. The highest BCUT2D eigenvalue weighted by atomic mass is 16.5. The van der Waals surface area contributed by atoms with Gasteiger partial charge in [0.25, 0.3) is 0 Å². The maximum absolute atomic E-state index is 7.38. The van der Waals surface area contributed by atoms with Gasteiger partial charge in [-0.2, -0.15) is 9.69 Å². The van der Waals surface area contributed by atoms with Crippen molar-refractivity contribution in [1.29, 1.82) is 0 Å². The molecule has 0 saturated heterocycles. The monoisotopic (exact) mass is 453 g/mol. The summed E-state index contributed by atoms with van der Waals surface area (Å²) in [4.78, 5) is 9.41. The molecule has 0 saturated carbocycles. The van der Waals surface area contributed by atoms with Crippen LogP contribution < -0.4 is 4.90 Å². The Bertz CT molecular complexity index is 1180. The number of allylic oxidation sites excluding steroid dienone is 5. The molecule has 0 aromatic heterocycles. The first-order chi connectivity index (χ1) is 15.9. The Morgan fingerprint density at radius 1 is 0.941 bits per heavy atom. The number of hydrogen-bond donors (Lipinski definition) is 0. The Morgan fingerprint density at radius 2 is 1.50 bits per heavy atom. The van der Waals surface area contributed by atoms with Crippen molar-refractivity contribution < 1.29 is 4.74 Å². The third-order valence-electron chi connectivity index (χ3n) is 7.38. The molecule has 0 spiro atoms. The highest BCUT2D eigenvalue weighted by molar-refractivity contribution is 5.72. The summed E-state index contributed by atoms with van der Waals surface area (Å²) in [6, 6.07) is 4.68. The molecule has 0 atom stereocenters. The van der Waals surface area contributed by atoms with Gasteiger partial charge >= 0.3 is 5.82 Å². The number of hydrogen-bond acceptors (Lipinski definition) is 2. The van der Waals surface area contributed by atoms with Gasteiger partial charge in [0, 0.05) is 24.2 Å². The van der Waals surface area contributed by atoms with Crippen molar-refractivity contribution >= 4 is 11.8 Å². The smallest absolute Gasteiger partial charge is 0.461 e. The quantitative estimate of drug-likeness (QED) is 0.427. The number of anilines is 1. The van der Waals surface area contributed by atoms with Gasteiger partial charge in [0.05, 0.1) is 5.57 Å². The molecule has 3 aliphatic rings. The van der Waals surface area contributed by atoms with Gasteiger partial charge in [0.1, 0.15) is 24.7 Å². The van der Waals surface area contributed by atoms with Crippen molar-refractivity contribution in [2.24, 2.45) is 5.41 Å². The summed E-state index contributed by atoms with van der Waals surface area (Å²) in [6.45, 7) is 32.7. The first-order valence-electron chi connectivity index (χ1n) is 12.1. The summed E-state index contributed by atoms with van der Waals surface area (Å²) in [7, 11) is 0. The van der Waals surface area contributed by atoms with E-state index in [9.17, 15) is 0 Å². The lowest BCUT2D eigenvalue weighted by Crippen LogP contribution is -2.44. The number of rotatable bonds is 2. The molecule has 0 N–H and O–H groups in total. The highest BCUT2D eigenvalue weighted by Crippen LogP contribution is 2.49. The lowest BCUT2D eigenvalue weighted by Gasteiger charge is -2.48. The van der Waals surface area contributed by atoms with E-state index in [0.717, 1.165) is 37.3 Å². The van der Waals surface area contributed by atoms with E-state index < -0.39 is 0 Å². The van der Waals surface area contributed by atoms with Crippen LogP contribution in [0.2, 0.25) is 0 Å². The molecule has 0 amide bonds. The van der Waals surface area contributed by atoms with E-state index in [1.54, 1.807) is 6.08 Å². The van der Waals surface area contributed by atoms with E-state index in [1.807, 2.05) is 12.2 Å². The van der Waals surface area contributed by atoms with Gasteiger partial charge in [0.2, 0.25) is 0 Å². The minimum absolute atomic E-state index is 0.0674. The Hall–Kier alpha value is -3.24. The van der Waals surface area contributed by atoms with Crippen LogP contribution in [-0.2, 0) is 15.6 Å². The van der Waals surface area contributed by atoms with E-state index in [2.05, 4.69) is 81.3 Å². The Labute approximate surface area is 204 Å². The summed E-state index contributed by atoms with van der Waals surface area (Å²) < 4.78 is 6.21. The fraction of sp³-hybridized carbons (Fsp3) is 0.467. The zero-order valence-corrected chi connectivity index (χ0v) is 21.5. The molecule has 4 heteroatoms. The lowest BCUT2D eigenvalue weighted by molar-refractivity contribution is 0.223. The van der Waals surface area contributed by atoms with E-state index in [-0.39, 0.29) is 22.1 Å². The number of ether oxygens (including phenoxy) is 1. The maximum Gasteiger partial charge on any atom is 0.526 e. The molecule has 176 valence electrons. The Balaban J connectivity index is 1.79. The predicted octanol–water partition coefficient (Wildman–Crippen LogP) is 7.76. The standard InChI is InChI=1S/C30H35N3O/c1-28(2,3)25-19-21(27(31-8)32-9)18-22(34-25)11-10-20-16-23-26-24(17-20)30(6,7)13-15-33(26)14-12-29(23,4)5/h10-11,16-19H,12-15H2,1-7H3/b11-10+. The summed E-state index contributed by atoms with van der Waals surface area (Å²) >= 11 is 0. The van der Waals surface area contributed by atoms with Crippen LogP contribution in [0, 0.1) is 18.6 Å². The van der Waals surface area contributed by atoms with Crippen LogP contribution >= 0.6 is 0 Å². The van der Waals surface area contributed by atoms with Crippen LogP contribution in [0.5, 0.6) is 0 Å². The molecule has 3 aliphatic heterocycles. The van der Waals surface area contributed by atoms with Gasteiger partial charge in [-0.1, -0.05) is 54.5 Å². The van der Waals surface area contributed by atoms with Crippen LogP contribution in [0.3, 0.4) is 0 Å². The normalized spacial score (nSPS) is 20.5. The van der Waals surface area contributed by atoms with Crippen LogP contribution in [-0.4, -0.2) is 13.1 Å². The number of benzene rings is 1. The molecule has 3 heterocycles. The molecule has 0 unspecified atom stereocenters. The van der Waals surface area contributed by atoms with Crippen LogP contribution in [0.1, 0.15) is 78.0 Å². The summed E-state index contributed by atoms with van der Waals surface area (Å²) in [5.41, 5.74) is 6.12. The SMILES string of the molecule is [C-]#[N+]C([N+]#[C-])=C1C=C(/C=C/c2cc3c4c(c2)C(C)(C)CCN4CCC3(C)C)OC(C(C)(C)C)=C1. The highest BCUT2D eigenvalue weighted by Gasteiger charge is 2.39. The van der Waals surface area contributed by atoms with Crippen LogP contribution in [0.4, 0.5) is 5.69 Å². The summed E-state index contributed by atoms with van der Waals surface area (Å²) in [5, 5.41) is 0. The Kier molecular flexibility index (Phi) is 5.77. The second-order valence-electron chi connectivity index (χ2n) is 12.0. The zero-order valence-electron chi connectivity index (χ0n) is 21.5. The summed E-state index contributed by atoms with van der Waals surface area (Å²) in [5.74, 6) is 1.48. The van der Waals surface area contributed by atoms with Crippen LogP contribution in [0.25, 0.3) is 15.8 Å². The number of nitrogens with zero attached hydrogens (tertiary/aromatic N) is 3.